The molecule has 0 aliphatic carbocycles. The number of aryl methyl sites for hydroxylation is 2. The standard InChI is InChI=1S/C21H28N2O2S/c1-17-9-10-21(15-18(17)2)26(24,25)22-12-5-6-13-23-14-11-19-7-3-4-8-20(19)16-23/h3-4,7-10,15,22H,5-6,11-14,16H2,1-2H3. The zero-order valence-electron chi connectivity index (χ0n) is 15.7. The van der Waals surface area contributed by atoms with Gasteiger partial charge in [-0.2, -0.15) is 0 Å². The summed E-state index contributed by atoms with van der Waals surface area (Å²) < 4.78 is 27.5. The van der Waals surface area contributed by atoms with Gasteiger partial charge in [0.2, 0.25) is 10.0 Å². The van der Waals surface area contributed by atoms with E-state index in [1.54, 1.807) is 12.1 Å². The fourth-order valence-corrected chi connectivity index (χ4v) is 4.54. The predicted octanol–water partition coefficient (Wildman–Crippen LogP) is 3.42. The Bertz CT molecular complexity index is 862. The van der Waals surface area contributed by atoms with Gasteiger partial charge in [-0.25, -0.2) is 13.1 Å². The van der Waals surface area contributed by atoms with E-state index in [4.69, 9.17) is 0 Å². The van der Waals surface area contributed by atoms with Gasteiger partial charge in [0.15, 0.2) is 0 Å². The van der Waals surface area contributed by atoms with E-state index in [0.717, 1.165) is 50.0 Å². The molecule has 0 saturated heterocycles. The van der Waals surface area contributed by atoms with Crippen LogP contribution in [-0.4, -0.2) is 33.0 Å². The molecule has 1 heterocycles. The zero-order chi connectivity index (χ0) is 18.6. The maximum Gasteiger partial charge on any atom is 0.240 e. The van der Waals surface area contributed by atoms with Gasteiger partial charge in [-0.15, -0.1) is 0 Å². The molecule has 140 valence electrons. The Kier molecular flexibility index (Phi) is 6.12. The van der Waals surface area contributed by atoms with E-state index in [1.165, 1.54) is 11.1 Å². The number of nitrogens with one attached hydrogen (secondary N) is 1. The summed E-state index contributed by atoms with van der Waals surface area (Å²) in [7, 11) is -3.41. The molecule has 0 unspecified atom stereocenters. The molecule has 0 aromatic heterocycles. The predicted molar refractivity (Wildman–Crippen MR) is 106 cm³/mol. The first-order valence-electron chi connectivity index (χ1n) is 9.32. The summed E-state index contributed by atoms with van der Waals surface area (Å²) in [5.41, 5.74) is 4.99. The molecule has 2 aromatic carbocycles. The second-order valence-electron chi connectivity index (χ2n) is 7.15. The number of unbranched alkanes of at least 4 members (excludes halogenated alkanes) is 1. The number of rotatable bonds is 7. The van der Waals surface area contributed by atoms with Crippen LogP contribution in [0.2, 0.25) is 0 Å². The van der Waals surface area contributed by atoms with Gasteiger partial charge in [0.1, 0.15) is 0 Å². The lowest BCUT2D eigenvalue weighted by Crippen LogP contribution is -2.32. The summed E-state index contributed by atoms with van der Waals surface area (Å²) in [4.78, 5) is 2.81. The van der Waals surface area contributed by atoms with Crippen molar-refractivity contribution in [3.05, 3.63) is 64.7 Å². The molecule has 0 spiro atoms. The Labute approximate surface area is 157 Å². The molecule has 1 N–H and O–H groups in total. The van der Waals surface area contributed by atoms with Crippen LogP contribution in [0.15, 0.2) is 47.4 Å². The van der Waals surface area contributed by atoms with Crippen molar-refractivity contribution in [3.8, 4) is 0 Å². The highest BCUT2D eigenvalue weighted by atomic mass is 32.2. The molecule has 0 amide bonds. The monoisotopic (exact) mass is 372 g/mol. The second kappa shape index (κ2) is 8.33. The number of fused-ring (bicyclic) bond motifs is 1. The van der Waals surface area contributed by atoms with Crippen molar-refractivity contribution >= 4 is 10.0 Å². The van der Waals surface area contributed by atoms with Crippen LogP contribution in [-0.2, 0) is 23.0 Å². The third kappa shape index (κ3) is 4.72. The van der Waals surface area contributed by atoms with Gasteiger partial charge in [0, 0.05) is 19.6 Å². The van der Waals surface area contributed by atoms with Crippen LogP contribution in [0.25, 0.3) is 0 Å². The summed E-state index contributed by atoms with van der Waals surface area (Å²) in [5.74, 6) is 0. The van der Waals surface area contributed by atoms with Crippen molar-refractivity contribution in [1.82, 2.24) is 9.62 Å². The van der Waals surface area contributed by atoms with Crippen molar-refractivity contribution in [2.45, 2.75) is 44.6 Å². The van der Waals surface area contributed by atoms with E-state index in [2.05, 4.69) is 33.9 Å². The summed E-state index contributed by atoms with van der Waals surface area (Å²) in [6, 6.07) is 13.9. The number of sulfonamides is 1. The Morgan fingerprint density at radius 2 is 1.77 bits per heavy atom. The average molecular weight is 373 g/mol. The number of hydrogen-bond acceptors (Lipinski definition) is 3. The molecular formula is C21H28N2O2S. The molecule has 5 heteroatoms. The minimum atomic E-state index is -3.41. The van der Waals surface area contributed by atoms with Crippen LogP contribution < -0.4 is 4.72 Å². The van der Waals surface area contributed by atoms with Crippen molar-refractivity contribution in [2.75, 3.05) is 19.6 Å². The summed E-state index contributed by atoms with van der Waals surface area (Å²) in [6.07, 6.45) is 2.95. The maximum absolute atomic E-state index is 12.4. The van der Waals surface area contributed by atoms with Crippen molar-refractivity contribution < 1.29 is 8.42 Å². The van der Waals surface area contributed by atoms with Crippen LogP contribution in [0, 0.1) is 13.8 Å². The molecule has 3 rings (SSSR count). The van der Waals surface area contributed by atoms with E-state index < -0.39 is 10.0 Å². The van der Waals surface area contributed by atoms with Crippen LogP contribution in [0.4, 0.5) is 0 Å². The molecule has 2 aromatic rings. The fourth-order valence-electron chi connectivity index (χ4n) is 3.38. The zero-order valence-corrected chi connectivity index (χ0v) is 16.5. The molecule has 0 radical (unpaired) electrons. The molecule has 4 nitrogen and oxygen atoms in total. The van der Waals surface area contributed by atoms with Gasteiger partial charge < -0.3 is 0 Å². The van der Waals surface area contributed by atoms with Gasteiger partial charge in [-0.05, 0) is 74.0 Å². The first kappa shape index (κ1) is 19.1. The van der Waals surface area contributed by atoms with Crippen LogP contribution >= 0.6 is 0 Å². The lowest BCUT2D eigenvalue weighted by Gasteiger charge is -2.28. The molecular weight excluding hydrogens is 344 g/mol. The van der Waals surface area contributed by atoms with E-state index in [0.29, 0.717) is 11.4 Å². The lowest BCUT2D eigenvalue weighted by atomic mass is 10.00. The van der Waals surface area contributed by atoms with Gasteiger partial charge in [-0.3, -0.25) is 4.90 Å². The Hall–Kier alpha value is -1.69. The van der Waals surface area contributed by atoms with Gasteiger partial charge >= 0.3 is 0 Å². The minimum absolute atomic E-state index is 0.355. The highest BCUT2D eigenvalue weighted by Crippen LogP contribution is 2.19. The van der Waals surface area contributed by atoms with Crippen LogP contribution in [0.5, 0.6) is 0 Å². The number of benzene rings is 2. The number of hydrogen-bond donors (Lipinski definition) is 1. The normalized spacial score (nSPS) is 15.0. The van der Waals surface area contributed by atoms with Crippen molar-refractivity contribution in [2.24, 2.45) is 0 Å². The third-order valence-electron chi connectivity index (χ3n) is 5.19. The summed E-state index contributed by atoms with van der Waals surface area (Å²) in [6.45, 7) is 7.51. The van der Waals surface area contributed by atoms with E-state index in [1.807, 2.05) is 19.9 Å². The Morgan fingerprint density at radius 3 is 2.54 bits per heavy atom. The quantitative estimate of drug-likeness (QED) is 0.758. The third-order valence-corrected chi connectivity index (χ3v) is 6.65. The SMILES string of the molecule is Cc1ccc(S(=O)(=O)NCCCCN2CCc3ccccc3C2)cc1C. The summed E-state index contributed by atoms with van der Waals surface area (Å²) in [5, 5.41) is 0. The summed E-state index contributed by atoms with van der Waals surface area (Å²) >= 11 is 0. The first-order valence-corrected chi connectivity index (χ1v) is 10.8. The molecule has 0 saturated carbocycles. The second-order valence-corrected chi connectivity index (χ2v) is 8.91. The van der Waals surface area contributed by atoms with Crippen LogP contribution in [0.1, 0.15) is 35.1 Å². The Morgan fingerprint density at radius 1 is 1.00 bits per heavy atom. The molecule has 1 aliphatic rings. The highest BCUT2D eigenvalue weighted by Gasteiger charge is 2.16. The molecule has 26 heavy (non-hydrogen) atoms. The topological polar surface area (TPSA) is 49.4 Å². The van der Waals surface area contributed by atoms with E-state index in [-0.39, 0.29) is 0 Å². The van der Waals surface area contributed by atoms with E-state index >= 15 is 0 Å². The minimum Gasteiger partial charge on any atom is -0.299 e. The molecule has 0 fully saturated rings. The average Bonchev–Trinajstić information content (AvgIpc) is 2.63. The van der Waals surface area contributed by atoms with E-state index in [9.17, 15) is 8.42 Å². The van der Waals surface area contributed by atoms with Gasteiger partial charge in [0.05, 0.1) is 4.90 Å². The fraction of sp³-hybridized carbons (Fsp3) is 0.429. The van der Waals surface area contributed by atoms with Gasteiger partial charge in [-0.1, -0.05) is 30.3 Å². The van der Waals surface area contributed by atoms with Gasteiger partial charge in [0.25, 0.3) is 0 Å². The Balaban J connectivity index is 1.42. The molecule has 1 aliphatic heterocycles. The van der Waals surface area contributed by atoms with Crippen molar-refractivity contribution in [1.29, 1.82) is 0 Å². The largest absolute Gasteiger partial charge is 0.299 e. The smallest absolute Gasteiger partial charge is 0.240 e. The number of nitrogens with zero attached hydrogens (tertiary/aromatic N) is 1. The van der Waals surface area contributed by atoms with Crippen LogP contribution in [0.3, 0.4) is 0 Å². The highest BCUT2D eigenvalue weighted by molar-refractivity contribution is 7.89. The lowest BCUT2D eigenvalue weighted by molar-refractivity contribution is 0.249. The first-order chi connectivity index (χ1) is 12.5. The maximum atomic E-state index is 12.4. The molecule has 0 bridgehead atoms. The van der Waals surface area contributed by atoms with Crippen molar-refractivity contribution in [3.63, 3.8) is 0 Å². The molecule has 0 atom stereocenters.